The highest BCUT2D eigenvalue weighted by atomic mass is 19.4. The van der Waals surface area contributed by atoms with Gasteiger partial charge in [0.2, 0.25) is 0 Å². The van der Waals surface area contributed by atoms with Gasteiger partial charge in [0.15, 0.2) is 6.19 Å². The summed E-state index contributed by atoms with van der Waals surface area (Å²) in [6, 6.07) is 3.71. The molecule has 0 aliphatic rings. The van der Waals surface area contributed by atoms with Crippen LogP contribution in [0.25, 0.3) is 0 Å². The summed E-state index contributed by atoms with van der Waals surface area (Å²) in [6.45, 7) is 0. The number of carbonyl (C=O) groups is 1. The van der Waals surface area contributed by atoms with E-state index in [2.05, 4.69) is 10.1 Å². The van der Waals surface area contributed by atoms with Crippen LogP contribution in [-0.4, -0.2) is 12.4 Å². The standard InChI is InChI=1S/C9H6F3N3O2/c10-9(11,12)17-7-3-1-6(2-4-7)15-8(16)14-5-13/h1-4H,(H2,14,15,16). The zero-order valence-electron chi connectivity index (χ0n) is 8.21. The molecule has 2 N–H and O–H groups in total. The molecular weight excluding hydrogens is 239 g/mol. The molecule has 0 saturated heterocycles. The van der Waals surface area contributed by atoms with Crippen molar-refractivity contribution in [2.24, 2.45) is 0 Å². The van der Waals surface area contributed by atoms with Crippen molar-refractivity contribution in [3.8, 4) is 11.9 Å². The molecule has 0 saturated carbocycles. The Bertz CT molecular complexity index is 436. The molecule has 1 rings (SSSR count). The summed E-state index contributed by atoms with van der Waals surface area (Å²) < 4.78 is 39.1. The van der Waals surface area contributed by atoms with Gasteiger partial charge in [0.05, 0.1) is 0 Å². The number of hydrogen-bond acceptors (Lipinski definition) is 3. The summed E-state index contributed by atoms with van der Waals surface area (Å²) in [5.41, 5.74) is 0.229. The van der Waals surface area contributed by atoms with Crippen LogP contribution in [0.3, 0.4) is 0 Å². The molecule has 17 heavy (non-hydrogen) atoms. The van der Waals surface area contributed by atoms with Crippen LogP contribution in [0.4, 0.5) is 23.7 Å². The smallest absolute Gasteiger partial charge is 0.406 e. The first kappa shape index (κ1) is 12.6. The van der Waals surface area contributed by atoms with Gasteiger partial charge in [-0.2, -0.15) is 5.26 Å². The minimum atomic E-state index is -4.76. The molecule has 2 amide bonds. The maximum Gasteiger partial charge on any atom is 0.573 e. The second-order valence-electron chi connectivity index (χ2n) is 2.76. The Balaban J connectivity index is 2.63. The van der Waals surface area contributed by atoms with Crippen molar-refractivity contribution in [2.45, 2.75) is 6.36 Å². The molecule has 0 fully saturated rings. The summed E-state index contributed by atoms with van der Waals surface area (Å²) in [5, 5.41) is 12.1. The Morgan fingerprint density at radius 1 is 1.29 bits per heavy atom. The lowest BCUT2D eigenvalue weighted by Gasteiger charge is -2.09. The third-order valence-electron chi connectivity index (χ3n) is 1.52. The van der Waals surface area contributed by atoms with Crippen LogP contribution < -0.4 is 15.4 Å². The van der Waals surface area contributed by atoms with Crippen molar-refractivity contribution in [1.82, 2.24) is 5.32 Å². The molecule has 0 bridgehead atoms. The number of amides is 2. The fourth-order valence-electron chi connectivity index (χ4n) is 0.953. The molecule has 5 nitrogen and oxygen atoms in total. The fourth-order valence-corrected chi connectivity index (χ4v) is 0.953. The van der Waals surface area contributed by atoms with Crippen molar-refractivity contribution in [3.63, 3.8) is 0 Å². The van der Waals surface area contributed by atoms with E-state index >= 15 is 0 Å². The van der Waals surface area contributed by atoms with Crippen LogP contribution in [0.5, 0.6) is 5.75 Å². The maximum absolute atomic E-state index is 11.8. The number of nitrogens with one attached hydrogen (secondary N) is 2. The minimum absolute atomic E-state index is 0.229. The van der Waals surface area contributed by atoms with E-state index in [4.69, 9.17) is 5.26 Å². The zero-order valence-corrected chi connectivity index (χ0v) is 8.21. The minimum Gasteiger partial charge on any atom is -0.406 e. The zero-order chi connectivity index (χ0) is 12.9. The molecule has 0 atom stereocenters. The first-order valence-electron chi connectivity index (χ1n) is 4.22. The number of halogens is 3. The van der Waals surface area contributed by atoms with Gasteiger partial charge in [0.1, 0.15) is 5.75 Å². The fraction of sp³-hybridized carbons (Fsp3) is 0.111. The van der Waals surface area contributed by atoms with E-state index < -0.39 is 18.1 Å². The average molecular weight is 245 g/mol. The third kappa shape index (κ3) is 4.74. The number of nitriles is 1. The lowest BCUT2D eigenvalue weighted by Crippen LogP contribution is -2.24. The second-order valence-corrected chi connectivity index (χ2v) is 2.76. The number of alkyl halides is 3. The Morgan fingerprint density at radius 2 is 1.88 bits per heavy atom. The molecule has 0 radical (unpaired) electrons. The molecule has 0 heterocycles. The SMILES string of the molecule is N#CNC(=O)Nc1ccc(OC(F)(F)F)cc1. The Hall–Kier alpha value is -2.43. The van der Waals surface area contributed by atoms with Gasteiger partial charge in [0, 0.05) is 5.69 Å². The number of carbonyl (C=O) groups excluding carboxylic acids is 1. The van der Waals surface area contributed by atoms with E-state index in [1.54, 1.807) is 5.32 Å². The molecule has 0 unspecified atom stereocenters. The largest absolute Gasteiger partial charge is 0.573 e. The second kappa shape index (κ2) is 5.07. The van der Waals surface area contributed by atoms with Crippen molar-refractivity contribution in [2.75, 3.05) is 5.32 Å². The molecule has 8 heteroatoms. The van der Waals surface area contributed by atoms with Gasteiger partial charge in [-0.3, -0.25) is 0 Å². The third-order valence-corrected chi connectivity index (χ3v) is 1.52. The number of nitrogens with zero attached hydrogens (tertiary/aromatic N) is 1. The number of hydrogen-bond donors (Lipinski definition) is 2. The molecule has 0 aliphatic carbocycles. The van der Waals surface area contributed by atoms with E-state index in [0.717, 1.165) is 12.1 Å². The predicted octanol–water partition coefficient (Wildman–Crippen LogP) is 2.19. The number of rotatable bonds is 2. The molecule has 0 aromatic heterocycles. The topological polar surface area (TPSA) is 74.2 Å². The van der Waals surface area contributed by atoms with E-state index in [0.29, 0.717) is 0 Å². The summed E-state index contributed by atoms with van der Waals surface area (Å²) in [6.07, 6.45) is -3.36. The predicted molar refractivity (Wildman–Crippen MR) is 50.9 cm³/mol. The van der Waals surface area contributed by atoms with Crippen molar-refractivity contribution in [3.05, 3.63) is 24.3 Å². The summed E-state index contributed by atoms with van der Waals surface area (Å²) in [7, 11) is 0. The maximum atomic E-state index is 11.8. The van der Waals surface area contributed by atoms with Gasteiger partial charge in [-0.1, -0.05) is 0 Å². The summed E-state index contributed by atoms with van der Waals surface area (Å²) in [5.74, 6) is -0.399. The van der Waals surface area contributed by atoms with Crippen LogP contribution in [0, 0.1) is 11.5 Å². The van der Waals surface area contributed by atoms with Gasteiger partial charge in [-0.25, -0.2) is 10.1 Å². The van der Waals surface area contributed by atoms with E-state index in [1.165, 1.54) is 18.3 Å². The highest BCUT2D eigenvalue weighted by molar-refractivity contribution is 5.90. The van der Waals surface area contributed by atoms with Crippen molar-refractivity contribution >= 4 is 11.7 Å². The number of ether oxygens (including phenoxy) is 1. The molecule has 1 aromatic rings. The average Bonchev–Trinajstić information content (AvgIpc) is 2.19. The Morgan fingerprint density at radius 3 is 2.35 bits per heavy atom. The van der Waals surface area contributed by atoms with Crippen LogP contribution in [0.1, 0.15) is 0 Å². The lowest BCUT2D eigenvalue weighted by atomic mass is 10.3. The Kier molecular flexibility index (Phi) is 3.77. The van der Waals surface area contributed by atoms with Gasteiger partial charge in [-0.15, -0.1) is 13.2 Å². The van der Waals surface area contributed by atoms with Crippen molar-refractivity contribution < 1.29 is 22.7 Å². The van der Waals surface area contributed by atoms with Gasteiger partial charge >= 0.3 is 12.4 Å². The quantitative estimate of drug-likeness (QED) is 0.619. The highest BCUT2D eigenvalue weighted by Crippen LogP contribution is 2.23. The molecule has 90 valence electrons. The number of anilines is 1. The summed E-state index contributed by atoms with van der Waals surface area (Å²) >= 11 is 0. The van der Waals surface area contributed by atoms with Crippen LogP contribution in [-0.2, 0) is 0 Å². The molecule has 1 aromatic carbocycles. The van der Waals surface area contributed by atoms with Gasteiger partial charge < -0.3 is 10.1 Å². The number of urea groups is 1. The van der Waals surface area contributed by atoms with Crippen LogP contribution in [0.2, 0.25) is 0 Å². The van der Waals surface area contributed by atoms with E-state index in [9.17, 15) is 18.0 Å². The lowest BCUT2D eigenvalue weighted by molar-refractivity contribution is -0.274. The number of benzene rings is 1. The normalized spacial score (nSPS) is 10.2. The van der Waals surface area contributed by atoms with Gasteiger partial charge in [-0.05, 0) is 24.3 Å². The van der Waals surface area contributed by atoms with Crippen LogP contribution in [0.15, 0.2) is 24.3 Å². The highest BCUT2D eigenvalue weighted by Gasteiger charge is 2.30. The van der Waals surface area contributed by atoms with E-state index in [-0.39, 0.29) is 5.69 Å². The molecule has 0 aliphatic heterocycles. The van der Waals surface area contributed by atoms with Crippen LogP contribution >= 0.6 is 0 Å². The molecular formula is C9H6F3N3O2. The first-order chi connectivity index (χ1) is 7.90. The molecule has 0 spiro atoms. The van der Waals surface area contributed by atoms with E-state index in [1.807, 2.05) is 0 Å². The first-order valence-corrected chi connectivity index (χ1v) is 4.22. The van der Waals surface area contributed by atoms with Gasteiger partial charge in [0.25, 0.3) is 0 Å². The Labute approximate surface area is 93.8 Å². The van der Waals surface area contributed by atoms with Crippen molar-refractivity contribution in [1.29, 1.82) is 5.26 Å². The monoisotopic (exact) mass is 245 g/mol. The summed E-state index contributed by atoms with van der Waals surface area (Å²) in [4.78, 5) is 10.9.